The average molecular weight is 323 g/mol. The van der Waals surface area contributed by atoms with Crippen LogP contribution >= 0.6 is 11.6 Å². The molecule has 0 bridgehead atoms. The lowest BCUT2D eigenvalue weighted by Crippen LogP contribution is -2.03. The standard InChI is InChI=1S/C15H11ClO4S/c1-10(17)11-2-6-13(7-3-11)21(19,20)14-8-4-12(5-9-14)15(16)18/h2-9H,1H3. The van der Waals surface area contributed by atoms with Crippen LogP contribution in [0.2, 0.25) is 0 Å². The molecule has 21 heavy (non-hydrogen) atoms. The van der Waals surface area contributed by atoms with Gasteiger partial charge < -0.3 is 0 Å². The van der Waals surface area contributed by atoms with Crippen LogP contribution in [-0.2, 0) is 9.84 Å². The summed E-state index contributed by atoms with van der Waals surface area (Å²) in [5.41, 5.74) is 0.666. The summed E-state index contributed by atoms with van der Waals surface area (Å²) in [4.78, 5) is 22.3. The molecule has 0 heterocycles. The fourth-order valence-corrected chi connectivity index (χ4v) is 3.16. The Bertz CT molecular complexity index is 727. The second kappa shape index (κ2) is 5.79. The van der Waals surface area contributed by atoms with Crippen molar-refractivity contribution in [3.63, 3.8) is 0 Å². The normalized spacial score (nSPS) is 11.1. The van der Waals surface area contributed by atoms with E-state index in [-0.39, 0.29) is 21.1 Å². The maximum Gasteiger partial charge on any atom is 0.252 e. The first kappa shape index (κ1) is 15.4. The van der Waals surface area contributed by atoms with Crippen molar-refractivity contribution in [2.45, 2.75) is 16.7 Å². The third kappa shape index (κ3) is 3.20. The first-order valence-corrected chi connectivity index (χ1v) is 7.84. The van der Waals surface area contributed by atoms with Gasteiger partial charge in [-0.2, -0.15) is 0 Å². The van der Waals surface area contributed by atoms with Gasteiger partial charge in [0.15, 0.2) is 5.78 Å². The molecule has 0 spiro atoms. The van der Waals surface area contributed by atoms with Gasteiger partial charge >= 0.3 is 0 Å². The molecular formula is C15H11ClO4S. The number of sulfone groups is 1. The van der Waals surface area contributed by atoms with Crippen LogP contribution in [0.15, 0.2) is 58.3 Å². The minimum absolute atomic E-state index is 0.0553. The van der Waals surface area contributed by atoms with Gasteiger partial charge in [0.25, 0.3) is 5.24 Å². The van der Waals surface area contributed by atoms with Gasteiger partial charge in [0.2, 0.25) is 9.84 Å². The lowest BCUT2D eigenvalue weighted by Gasteiger charge is -2.05. The smallest absolute Gasteiger partial charge is 0.252 e. The zero-order valence-corrected chi connectivity index (χ0v) is 12.6. The van der Waals surface area contributed by atoms with Crippen molar-refractivity contribution in [3.8, 4) is 0 Å². The second-order valence-corrected chi connectivity index (χ2v) is 6.68. The minimum Gasteiger partial charge on any atom is -0.295 e. The van der Waals surface area contributed by atoms with Gasteiger partial charge in [0.05, 0.1) is 9.79 Å². The second-order valence-electron chi connectivity index (χ2n) is 4.38. The maximum atomic E-state index is 12.4. The molecule has 2 rings (SSSR count). The van der Waals surface area contributed by atoms with Gasteiger partial charge in [-0.25, -0.2) is 8.42 Å². The molecule has 0 amide bonds. The average Bonchev–Trinajstić information content (AvgIpc) is 2.47. The summed E-state index contributed by atoms with van der Waals surface area (Å²) >= 11 is 5.31. The molecule has 0 unspecified atom stereocenters. The Kier molecular flexibility index (Phi) is 4.25. The third-order valence-corrected chi connectivity index (χ3v) is 4.97. The van der Waals surface area contributed by atoms with Crippen LogP contribution in [0.1, 0.15) is 27.6 Å². The van der Waals surface area contributed by atoms with Crippen molar-refractivity contribution in [1.82, 2.24) is 0 Å². The lowest BCUT2D eigenvalue weighted by atomic mass is 10.2. The van der Waals surface area contributed by atoms with Crippen molar-refractivity contribution in [2.24, 2.45) is 0 Å². The number of carbonyl (C=O) groups is 2. The van der Waals surface area contributed by atoms with E-state index in [0.717, 1.165) is 0 Å². The van der Waals surface area contributed by atoms with Crippen LogP contribution in [-0.4, -0.2) is 19.4 Å². The van der Waals surface area contributed by atoms with Gasteiger partial charge in [-0.3, -0.25) is 9.59 Å². The molecule has 108 valence electrons. The number of hydrogen-bond acceptors (Lipinski definition) is 4. The molecule has 0 aliphatic rings. The molecule has 0 saturated heterocycles. The quantitative estimate of drug-likeness (QED) is 0.640. The summed E-state index contributed by atoms with van der Waals surface area (Å²) in [6.45, 7) is 1.41. The van der Waals surface area contributed by atoms with Crippen LogP contribution in [0.3, 0.4) is 0 Å². The summed E-state index contributed by atoms with van der Waals surface area (Å²) in [5.74, 6) is -0.135. The van der Waals surface area contributed by atoms with E-state index in [1.165, 1.54) is 55.5 Å². The van der Waals surface area contributed by atoms with Crippen molar-refractivity contribution in [1.29, 1.82) is 0 Å². The van der Waals surface area contributed by atoms with Crippen molar-refractivity contribution >= 4 is 32.5 Å². The molecule has 0 radical (unpaired) electrons. The third-order valence-electron chi connectivity index (χ3n) is 2.96. The monoisotopic (exact) mass is 322 g/mol. The highest BCUT2D eigenvalue weighted by Gasteiger charge is 2.18. The highest BCUT2D eigenvalue weighted by molar-refractivity contribution is 7.91. The largest absolute Gasteiger partial charge is 0.295 e. The molecule has 2 aromatic carbocycles. The number of carbonyl (C=O) groups excluding carboxylic acids is 2. The molecule has 6 heteroatoms. The number of halogens is 1. The zero-order chi connectivity index (χ0) is 15.6. The van der Waals surface area contributed by atoms with E-state index in [4.69, 9.17) is 11.6 Å². The Morgan fingerprint density at radius 1 is 0.810 bits per heavy atom. The van der Waals surface area contributed by atoms with Gasteiger partial charge in [-0.15, -0.1) is 0 Å². The predicted octanol–water partition coefficient (Wildman–Crippen LogP) is 3.10. The van der Waals surface area contributed by atoms with E-state index in [1.54, 1.807) is 0 Å². The Morgan fingerprint density at radius 3 is 1.52 bits per heavy atom. The topological polar surface area (TPSA) is 68.3 Å². The van der Waals surface area contributed by atoms with Gasteiger partial charge in [-0.1, -0.05) is 12.1 Å². The number of Topliss-reactive ketones (excluding diaryl/α,β-unsaturated/α-hetero) is 1. The first-order valence-electron chi connectivity index (χ1n) is 5.98. The number of rotatable bonds is 4. The summed E-state index contributed by atoms with van der Waals surface area (Å²) in [7, 11) is -3.69. The molecule has 0 atom stereocenters. The summed E-state index contributed by atoms with van der Waals surface area (Å²) < 4.78 is 24.8. The fraction of sp³-hybridized carbons (Fsp3) is 0.0667. The zero-order valence-electron chi connectivity index (χ0n) is 11.0. The van der Waals surface area contributed by atoms with Crippen LogP contribution in [0, 0.1) is 0 Å². The van der Waals surface area contributed by atoms with Gasteiger partial charge in [0, 0.05) is 11.1 Å². The molecule has 0 aromatic heterocycles. The molecule has 2 aromatic rings. The van der Waals surface area contributed by atoms with Crippen molar-refractivity contribution < 1.29 is 18.0 Å². The molecular weight excluding hydrogens is 312 g/mol. The van der Waals surface area contributed by atoms with E-state index >= 15 is 0 Å². The number of hydrogen-bond donors (Lipinski definition) is 0. The van der Waals surface area contributed by atoms with E-state index in [0.29, 0.717) is 5.56 Å². The van der Waals surface area contributed by atoms with Gasteiger partial charge in [0.1, 0.15) is 0 Å². The van der Waals surface area contributed by atoms with Crippen LogP contribution in [0.25, 0.3) is 0 Å². The van der Waals surface area contributed by atoms with Crippen LogP contribution in [0.5, 0.6) is 0 Å². The Morgan fingerprint density at radius 2 is 1.19 bits per heavy atom. The Balaban J connectivity index is 2.41. The van der Waals surface area contributed by atoms with Crippen molar-refractivity contribution in [2.75, 3.05) is 0 Å². The molecule has 0 aliphatic heterocycles. The minimum atomic E-state index is -3.69. The summed E-state index contributed by atoms with van der Waals surface area (Å²) in [6.07, 6.45) is 0. The maximum absolute atomic E-state index is 12.4. The summed E-state index contributed by atoms with van der Waals surface area (Å²) in [6, 6.07) is 11.0. The Hall–Kier alpha value is -1.98. The van der Waals surface area contributed by atoms with Crippen molar-refractivity contribution in [3.05, 3.63) is 59.7 Å². The lowest BCUT2D eigenvalue weighted by molar-refractivity contribution is 0.101. The first-order chi connectivity index (χ1) is 9.82. The summed E-state index contributed by atoms with van der Waals surface area (Å²) in [5, 5.41) is -0.648. The van der Waals surface area contributed by atoms with E-state index in [9.17, 15) is 18.0 Å². The van der Waals surface area contributed by atoms with E-state index in [2.05, 4.69) is 0 Å². The highest BCUT2D eigenvalue weighted by atomic mass is 35.5. The van der Waals surface area contributed by atoms with Crippen LogP contribution in [0.4, 0.5) is 0 Å². The highest BCUT2D eigenvalue weighted by Crippen LogP contribution is 2.22. The van der Waals surface area contributed by atoms with E-state index in [1.807, 2.05) is 0 Å². The number of ketones is 1. The Labute approximate surface area is 127 Å². The fourth-order valence-electron chi connectivity index (χ4n) is 1.77. The molecule has 0 saturated carbocycles. The SMILES string of the molecule is CC(=O)c1ccc(S(=O)(=O)c2ccc(C(=O)Cl)cc2)cc1. The molecule has 4 nitrogen and oxygen atoms in total. The number of benzene rings is 2. The van der Waals surface area contributed by atoms with Gasteiger partial charge in [-0.05, 0) is 54.9 Å². The molecule has 0 aliphatic carbocycles. The predicted molar refractivity (Wildman–Crippen MR) is 78.5 cm³/mol. The van der Waals surface area contributed by atoms with E-state index < -0.39 is 15.1 Å². The molecule has 0 N–H and O–H groups in total. The van der Waals surface area contributed by atoms with Crippen LogP contribution < -0.4 is 0 Å². The molecule has 0 fully saturated rings.